The standard InChI is InChI=1S/C19H19NO4/c1-4-23-18-11-14(12-20)5-10-17(18)24-13(2)19(21)15-6-8-16(22-3)9-7-15/h5-11,13H,4H2,1-3H3/t13-/m0/s1. The number of rotatable bonds is 7. The van der Waals surface area contributed by atoms with E-state index in [0.717, 1.165) is 0 Å². The van der Waals surface area contributed by atoms with Crippen LogP contribution < -0.4 is 14.2 Å². The molecule has 2 rings (SSSR count). The summed E-state index contributed by atoms with van der Waals surface area (Å²) in [5.74, 6) is 1.42. The number of hydrogen-bond acceptors (Lipinski definition) is 5. The second-order valence-corrected chi connectivity index (χ2v) is 5.06. The van der Waals surface area contributed by atoms with Gasteiger partial charge in [-0.05, 0) is 50.2 Å². The highest BCUT2D eigenvalue weighted by Crippen LogP contribution is 2.29. The maximum Gasteiger partial charge on any atom is 0.203 e. The van der Waals surface area contributed by atoms with Crippen molar-refractivity contribution in [2.24, 2.45) is 0 Å². The first kappa shape index (κ1) is 17.4. The SMILES string of the molecule is CCOc1cc(C#N)ccc1O[C@@H](C)C(=O)c1ccc(OC)cc1. The number of carbonyl (C=O) groups excluding carboxylic acids is 1. The third kappa shape index (κ3) is 4.05. The molecule has 0 saturated heterocycles. The Labute approximate surface area is 141 Å². The van der Waals surface area contributed by atoms with Gasteiger partial charge in [0, 0.05) is 11.6 Å². The Balaban J connectivity index is 2.17. The van der Waals surface area contributed by atoms with E-state index in [4.69, 9.17) is 19.5 Å². The lowest BCUT2D eigenvalue weighted by Gasteiger charge is -2.17. The number of benzene rings is 2. The van der Waals surface area contributed by atoms with Crippen molar-refractivity contribution in [2.45, 2.75) is 20.0 Å². The van der Waals surface area contributed by atoms with E-state index >= 15 is 0 Å². The average molecular weight is 325 g/mol. The quantitative estimate of drug-likeness (QED) is 0.727. The van der Waals surface area contributed by atoms with Crippen LogP contribution in [-0.4, -0.2) is 25.6 Å². The van der Waals surface area contributed by atoms with Crippen molar-refractivity contribution < 1.29 is 19.0 Å². The molecule has 0 fully saturated rings. The molecule has 0 spiro atoms. The Morgan fingerprint density at radius 2 is 1.88 bits per heavy atom. The van der Waals surface area contributed by atoms with Crippen LogP contribution in [0.2, 0.25) is 0 Å². The first-order valence-electron chi connectivity index (χ1n) is 7.61. The molecule has 5 nitrogen and oxygen atoms in total. The molecule has 0 aliphatic heterocycles. The number of methoxy groups -OCH3 is 1. The van der Waals surface area contributed by atoms with Crippen LogP contribution in [-0.2, 0) is 0 Å². The van der Waals surface area contributed by atoms with Gasteiger partial charge in [0.2, 0.25) is 5.78 Å². The smallest absolute Gasteiger partial charge is 0.203 e. The molecule has 0 bridgehead atoms. The van der Waals surface area contributed by atoms with Gasteiger partial charge in [-0.25, -0.2) is 0 Å². The van der Waals surface area contributed by atoms with Gasteiger partial charge in [0.05, 0.1) is 25.3 Å². The summed E-state index contributed by atoms with van der Waals surface area (Å²) in [6.45, 7) is 3.96. The highest BCUT2D eigenvalue weighted by atomic mass is 16.5. The van der Waals surface area contributed by atoms with Crippen molar-refractivity contribution in [3.8, 4) is 23.3 Å². The van der Waals surface area contributed by atoms with Gasteiger partial charge in [-0.2, -0.15) is 5.26 Å². The molecule has 2 aromatic carbocycles. The summed E-state index contributed by atoms with van der Waals surface area (Å²) in [6.07, 6.45) is -0.689. The van der Waals surface area contributed by atoms with Gasteiger partial charge < -0.3 is 14.2 Å². The average Bonchev–Trinajstić information content (AvgIpc) is 2.62. The second-order valence-electron chi connectivity index (χ2n) is 5.06. The zero-order valence-electron chi connectivity index (χ0n) is 13.9. The molecule has 0 aliphatic carbocycles. The number of carbonyl (C=O) groups is 1. The molecule has 0 aromatic heterocycles. The van der Waals surface area contributed by atoms with Crippen LogP contribution in [0.25, 0.3) is 0 Å². The van der Waals surface area contributed by atoms with E-state index < -0.39 is 6.10 Å². The normalized spacial score (nSPS) is 11.2. The maximum absolute atomic E-state index is 12.5. The fourth-order valence-electron chi connectivity index (χ4n) is 2.18. The number of ether oxygens (including phenoxy) is 3. The fourth-order valence-corrected chi connectivity index (χ4v) is 2.18. The third-order valence-corrected chi connectivity index (χ3v) is 3.42. The lowest BCUT2D eigenvalue weighted by Crippen LogP contribution is -2.24. The zero-order chi connectivity index (χ0) is 17.5. The highest BCUT2D eigenvalue weighted by molar-refractivity contribution is 5.99. The number of Topliss-reactive ketones (excluding diaryl/α,β-unsaturated/α-hetero) is 1. The van der Waals surface area contributed by atoms with Crippen molar-refractivity contribution in [1.29, 1.82) is 5.26 Å². The van der Waals surface area contributed by atoms with Crippen LogP contribution in [0.5, 0.6) is 17.2 Å². The Morgan fingerprint density at radius 3 is 2.46 bits per heavy atom. The number of hydrogen-bond donors (Lipinski definition) is 0. The predicted molar refractivity (Wildman–Crippen MR) is 89.7 cm³/mol. The minimum absolute atomic E-state index is 0.149. The summed E-state index contributed by atoms with van der Waals surface area (Å²) >= 11 is 0. The lowest BCUT2D eigenvalue weighted by molar-refractivity contribution is 0.0813. The minimum Gasteiger partial charge on any atom is -0.497 e. The monoisotopic (exact) mass is 325 g/mol. The molecule has 124 valence electrons. The van der Waals surface area contributed by atoms with Gasteiger partial charge in [0.15, 0.2) is 17.6 Å². The van der Waals surface area contributed by atoms with Gasteiger partial charge in [-0.1, -0.05) is 0 Å². The van der Waals surface area contributed by atoms with Crippen LogP contribution in [0.15, 0.2) is 42.5 Å². The highest BCUT2D eigenvalue weighted by Gasteiger charge is 2.19. The van der Waals surface area contributed by atoms with E-state index in [1.54, 1.807) is 56.5 Å². The Kier molecular flexibility index (Phi) is 5.80. The molecule has 0 saturated carbocycles. The molecule has 24 heavy (non-hydrogen) atoms. The molecule has 2 aromatic rings. The van der Waals surface area contributed by atoms with E-state index in [1.807, 2.05) is 6.92 Å². The van der Waals surface area contributed by atoms with E-state index in [9.17, 15) is 4.79 Å². The van der Waals surface area contributed by atoms with Crippen molar-refractivity contribution in [1.82, 2.24) is 0 Å². The van der Waals surface area contributed by atoms with Crippen LogP contribution in [0.3, 0.4) is 0 Å². The van der Waals surface area contributed by atoms with Crippen LogP contribution in [0.1, 0.15) is 29.8 Å². The van der Waals surface area contributed by atoms with Crippen molar-refractivity contribution in [3.05, 3.63) is 53.6 Å². The largest absolute Gasteiger partial charge is 0.497 e. The first-order chi connectivity index (χ1) is 11.6. The Bertz CT molecular complexity index is 747. The molecule has 0 heterocycles. The summed E-state index contributed by atoms with van der Waals surface area (Å²) < 4.78 is 16.3. The number of nitrogens with zero attached hydrogens (tertiary/aromatic N) is 1. The van der Waals surface area contributed by atoms with E-state index in [0.29, 0.717) is 35.0 Å². The summed E-state index contributed by atoms with van der Waals surface area (Å²) in [4.78, 5) is 12.5. The van der Waals surface area contributed by atoms with Gasteiger partial charge in [0.1, 0.15) is 5.75 Å². The Hall–Kier alpha value is -3.00. The predicted octanol–water partition coefficient (Wildman–Crippen LogP) is 3.62. The van der Waals surface area contributed by atoms with Gasteiger partial charge >= 0.3 is 0 Å². The van der Waals surface area contributed by atoms with Crippen LogP contribution in [0, 0.1) is 11.3 Å². The van der Waals surface area contributed by atoms with Gasteiger partial charge in [0.25, 0.3) is 0 Å². The molecule has 1 atom stereocenters. The molecular weight excluding hydrogens is 306 g/mol. The van der Waals surface area contributed by atoms with Crippen molar-refractivity contribution in [3.63, 3.8) is 0 Å². The zero-order valence-corrected chi connectivity index (χ0v) is 13.9. The van der Waals surface area contributed by atoms with Gasteiger partial charge in [-0.3, -0.25) is 4.79 Å². The first-order valence-corrected chi connectivity index (χ1v) is 7.61. The summed E-state index contributed by atoms with van der Waals surface area (Å²) in [5.41, 5.74) is 1.01. The van der Waals surface area contributed by atoms with Crippen LogP contribution in [0.4, 0.5) is 0 Å². The number of nitriles is 1. The number of ketones is 1. The van der Waals surface area contributed by atoms with E-state index in [-0.39, 0.29) is 5.78 Å². The van der Waals surface area contributed by atoms with E-state index in [1.165, 1.54) is 0 Å². The molecule has 0 radical (unpaired) electrons. The summed E-state index contributed by atoms with van der Waals surface area (Å²) in [6, 6.07) is 13.8. The molecule has 0 amide bonds. The fraction of sp³-hybridized carbons (Fsp3) is 0.263. The molecule has 5 heteroatoms. The van der Waals surface area contributed by atoms with E-state index in [2.05, 4.69) is 6.07 Å². The van der Waals surface area contributed by atoms with Crippen molar-refractivity contribution in [2.75, 3.05) is 13.7 Å². The summed E-state index contributed by atoms with van der Waals surface area (Å²) in [7, 11) is 1.57. The minimum atomic E-state index is -0.689. The summed E-state index contributed by atoms with van der Waals surface area (Å²) in [5, 5.41) is 8.97. The van der Waals surface area contributed by atoms with Crippen LogP contribution >= 0.6 is 0 Å². The third-order valence-electron chi connectivity index (χ3n) is 3.42. The van der Waals surface area contributed by atoms with Gasteiger partial charge in [-0.15, -0.1) is 0 Å². The lowest BCUT2D eigenvalue weighted by atomic mass is 10.1. The maximum atomic E-state index is 12.5. The topological polar surface area (TPSA) is 68.5 Å². The molecule has 0 unspecified atom stereocenters. The Morgan fingerprint density at radius 1 is 1.17 bits per heavy atom. The molecular formula is C19H19NO4. The van der Waals surface area contributed by atoms with Crippen molar-refractivity contribution >= 4 is 5.78 Å². The second kappa shape index (κ2) is 8.02. The molecule has 0 N–H and O–H groups in total. The molecule has 0 aliphatic rings.